The second-order valence-electron chi connectivity index (χ2n) is 7.90. The predicted molar refractivity (Wildman–Crippen MR) is 148 cm³/mol. The number of halogens is 1. The standard InChI is InChI=1S/C29H22BrN3O5/c1-37-25-12-6-10-21(17-25)27(34)32-24-11-5-9-20(16-24)28(35)33-31-18-22-15-23(30)13-14-26(22)38-29(36)19-7-3-2-4-8-19/h2-18H,1H3,(H,32,34)(H,33,35). The van der Waals surface area contributed by atoms with Crippen LogP contribution in [0.5, 0.6) is 11.5 Å². The number of hydrazone groups is 1. The van der Waals surface area contributed by atoms with Crippen LogP contribution in [0.25, 0.3) is 0 Å². The molecule has 0 bridgehead atoms. The third-order valence-electron chi connectivity index (χ3n) is 5.27. The molecule has 4 aromatic carbocycles. The maximum atomic E-state index is 12.7. The van der Waals surface area contributed by atoms with E-state index in [1.807, 2.05) is 6.07 Å². The van der Waals surface area contributed by atoms with Gasteiger partial charge in [-0.3, -0.25) is 9.59 Å². The third kappa shape index (κ3) is 6.92. The number of benzene rings is 4. The van der Waals surface area contributed by atoms with Crippen molar-refractivity contribution in [3.8, 4) is 11.5 Å². The summed E-state index contributed by atoms with van der Waals surface area (Å²) in [5.74, 6) is -0.503. The van der Waals surface area contributed by atoms with Crippen molar-refractivity contribution in [2.75, 3.05) is 12.4 Å². The first-order valence-corrected chi connectivity index (χ1v) is 12.2. The zero-order valence-electron chi connectivity index (χ0n) is 20.2. The van der Waals surface area contributed by atoms with Gasteiger partial charge < -0.3 is 14.8 Å². The SMILES string of the molecule is COc1cccc(C(=O)Nc2cccc(C(=O)NN=Cc3cc(Br)ccc3OC(=O)c3ccccc3)c2)c1. The monoisotopic (exact) mass is 571 g/mol. The number of rotatable bonds is 8. The molecule has 0 saturated carbocycles. The van der Waals surface area contributed by atoms with Crippen LogP contribution >= 0.6 is 15.9 Å². The number of methoxy groups -OCH3 is 1. The van der Waals surface area contributed by atoms with Crippen LogP contribution in [0.4, 0.5) is 5.69 Å². The van der Waals surface area contributed by atoms with E-state index in [2.05, 4.69) is 31.8 Å². The van der Waals surface area contributed by atoms with Gasteiger partial charge in [0, 0.05) is 26.9 Å². The van der Waals surface area contributed by atoms with Crippen molar-refractivity contribution in [2.24, 2.45) is 5.10 Å². The Morgan fingerprint density at radius 3 is 2.26 bits per heavy atom. The van der Waals surface area contributed by atoms with Crippen molar-refractivity contribution < 1.29 is 23.9 Å². The molecular formula is C29H22BrN3O5. The number of nitrogens with one attached hydrogen (secondary N) is 2. The first kappa shape index (κ1) is 26.3. The molecule has 38 heavy (non-hydrogen) atoms. The van der Waals surface area contributed by atoms with Crippen LogP contribution in [0.15, 0.2) is 107 Å². The van der Waals surface area contributed by atoms with E-state index in [4.69, 9.17) is 9.47 Å². The number of amides is 2. The van der Waals surface area contributed by atoms with E-state index in [1.54, 1.807) is 84.9 Å². The summed E-state index contributed by atoms with van der Waals surface area (Å²) in [5.41, 5.74) is 4.48. The molecule has 2 N–H and O–H groups in total. The molecule has 0 unspecified atom stereocenters. The van der Waals surface area contributed by atoms with Gasteiger partial charge in [-0.05, 0) is 66.7 Å². The molecule has 0 spiro atoms. The van der Waals surface area contributed by atoms with Crippen LogP contribution in [0.2, 0.25) is 0 Å². The Balaban J connectivity index is 1.42. The normalized spacial score (nSPS) is 10.6. The molecule has 2 amide bonds. The third-order valence-corrected chi connectivity index (χ3v) is 5.76. The highest BCUT2D eigenvalue weighted by atomic mass is 79.9. The molecule has 4 aromatic rings. The van der Waals surface area contributed by atoms with Gasteiger partial charge in [0.2, 0.25) is 0 Å². The number of carbonyl (C=O) groups is 3. The zero-order chi connectivity index (χ0) is 26.9. The lowest BCUT2D eigenvalue weighted by Crippen LogP contribution is -2.18. The van der Waals surface area contributed by atoms with Crippen molar-refractivity contribution >= 4 is 45.6 Å². The van der Waals surface area contributed by atoms with Crippen molar-refractivity contribution in [2.45, 2.75) is 0 Å². The van der Waals surface area contributed by atoms with Crippen molar-refractivity contribution in [3.05, 3.63) is 124 Å². The number of ether oxygens (including phenoxy) is 2. The number of anilines is 1. The smallest absolute Gasteiger partial charge is 0.343 e. The molecule has 0 aromatic heterocycles. The average molecular weight is 572 g/mol. The maximum absolute atomic E-state index is 12.7. The van der Waals surface area contributed by atoms with E-state index in [9.17, 15) is 14.4 Å². The lowest BCUT2D eigenvalue weighted by atomic mass is 10.1. The molecule has 0 aliphatic rings. The molecule has 190 valence electrons. The van der Waals surface area contributed by atoms with Gasteiger partial charge >= 0.3 is 5.97 Å². The number of nitrogens with zero attached hydrogens (tertiary/aromatic N) is 1. The van der Waals surface area contributed by atoms with Crippen molar-refractivity contribution in [1.82, 2.24) is 5.43 Å². The zero-order valence-corrected chi connectivity index (χ0v) is 21.8. The number of hydrogen-bond acceptors (Lipinski definition) is 6. The van der Waals surface area contributed by atoms with E-state index < -0.39 is 11.9 Å². The van der Waals surface area contributed by atoms with Gasteiger partial charge in [-0.2, -0.15) is 5.10 Å². The summed E-state index contributed by atoms with van der Waals surface area (Å²) in [4.78, 5) is 37.7. The van der Waals surface area contributed by atoms with Crippen LogP contribution in [-0.2, 0) is 0 Å². The van der Waals surface area contributed by atoms with E-state index in [1.165, 1.54) is 19.4 Å². The van der Waals surface area contributed by atoms with Gasteiger partial charge in [0.25, 0.3) is 11.8 Å². The molecule has 0 heterocycles. The Morgan fingerprint density at radius 2 is 1.50 bits per heavy atom. The fourth-order valence-corrected chi connectivity index (χ4v) is 3.76. The molecule has 0 aliphatic heterocycles. The summed E-state index contributed by atoms with van der Waals surface area (Å²) >= 11 is 3.39. The molecule has 0 fully saturated rings. The predicted octanol–water partition coefficient (Wildman–Crippen LogP) is 5.69. The Labute approximate surface area is 227 Å². The van der Waals surface area contributed by atoms with Gasteiger partial charge in [0.05, 0.1) is 18.9 Å². The van der Waals surface area contributed by atoms with Gasteiger partial charge in [0.15, 0.2) is 0 Å². The average Bonchev–Trinajstić information content (AvgIpc) is 2.95. The first-order valence-electron chi connectivity index (χ1n) is 11.4. The van der Waals surface area contributed by atoms with E-state index >= 15 is 0 Å². The number of esters is 1. The van der Waals surface area contributed by atoms with Crippen LogP contribution in [0, 0.1) is 0 Å². The van der Waals surface area contributed by atoms with Gasteiger partial charge in [0.1, 0.15) is 11.5 Å². The summed E-state index contributed by atoms with van der Waals surface area (Å²) in [5, 5.41) is 6.78. The van der Waals surface area contributed by atoms with Gasteiger partial charge in [-0.1, -0.05) is 46.3 Å². The topological polar surface area (TPSA) is 106 Å². The van der Waals surface area contributed by atoms with Crippen LogP contribution in [-0.4, -0.2) is 31.1 Å². The van der Waals surface area contributed by atoms with Gasteiger partial charge in [-0.25, -0.2) is 10.2 Å². The number of carbonyl (C=O) groups excluding carboxylic acids is 3. The highest BCUT2D eigenvalue weighted by molar-refractivity contribution is 9.10. The Hall–Kier alpha value is -4.76. The quantitative estimate of drug-likeness (QED) is 0.122. The minimum Gasteiger partial charge on any atom is -0.497 e. The fourth-order valence-electron chi connectivity index (χ4n) is 3.38. The lowest BCUT2D eigenvalue weighted by molar-refractivity contribution is 0.0734. The summed E-state index contributed by atoms with van der Waals surface area (Å²) in [6.45, 7) is 0. The van der Waals surface area contributed by atoms with Gasteiger partial charge in [-0.15, -0.1) is 0 Å². The molecule has 0 aliphatic carbocycles. The van der Waals surface area contributed by atoms with Crippen LogP contribution in [0.3, 0.4) is 0 Å². The molecule has 0 atom stereocenters. The highest BCUT2D eigenvalue weighted by Gasteiger charge is 2.12. The lowest BCUT2D eigenvalue weighted by Gasteiger charge is -2.09. The largest absolute Gasteiger partial charge is 0.497 e. The summed E-state index contributed by atoms with van der Waals surface area (Å²) in [6.07, 6.45) is 1.38. The van der Waals surface area contributed by atoms with Crippen LogP contribution in [0.1, 0.15) is 36.6 Å². The Kier molecular flexibility index (Phi) is 8.63. The second-order valence-corrected chi connectivity index (χ2v) is 8.82. The molecule has 4 rings (SSSR count). The fraction of sp³-hybridized carbons (Fsp3) is 0.0345. The van der Waals surface area contributed by atoms with Crippen molar-refractivity contribution in [1.29, 1.82) is 0 Å². The summed E-state index contributed by atoms with van der Waals surface area (Å²) in [7, 11) is 1.52. The Bertz CT molecular complexity index is 1510. The molecule has 0 saturated heterocycles. The highest BCUT2D eigenvalue weighted by Crippen LogP contribution is 2.23. The van der Waals surface area contributed by atoms with E-state index in [0.717, 1.165) is 4.47 Å². The summed E-state index contributed by atoms with van der Waals surface area (Å²) in [6, 6.07) is 26.9. The van der Waals surface area contributed by atoms with Crippen molar-refractivity contribution in [3.63, 3.8) is 0 Å². The minimum atomic E-state index is -0.514. The summed E-state index contributed by atoms with van der Waals surface area (Å²) < 4.78 is 11.4. The molecule has 8 nitrogen and oxygen atoms in total. The van der Waals surface area contributed by atoms with E-state index in [0.29, 0.717) is 28.1 Å². The minimum absolute atomic E-state index is 0.280. The Morgan fingerprint density at radius 1 is 0.789 bits per heavy atom. The molecule has 9 heteroatoms. The van der Waals surface area contributed by atoms with Crippen LogP contribution < -0.4 is 20.2 Å². The molecule has 0 radical (unpaired) electrons. The maximum Gasteiger partial charge on any atom is 0.343 e. The number of hydrogen-bond donors (Lipinski definition) is 2. The molecular weight excluding hydrogens is 550 g/mol. The first-order chi connectivity index (χ1) is 18.4. The van der Waals surface area contributed by atoms with E-state index in [-0.39, 0.29) is 17.2 Å². The second kappa shape index (κ2) is 12.5.